The molecule has 1 aromatic carbocycles. The van der Waals surface area contributed by atoms with E-state index in [1.165, 1.54) is 12.1 Å². The first-order chi connectivity index (χ1) is 8.06. The molecule has 1 fully saturated rings. The van der Waals surface area contributed by atoms with E-state index >= 15 is 0 Å². The van der Waals surface area contributed by atoms with Crippen molar-refractivity contribution in [1.29, 1.82) is 0 Å². The highest BCUT2D eigenvalue weighted by molar-refractivity contribution is 5.94. The summed E-state index contributed by atoms with van der Waals surface area (Å²) in [5, 5.41) is 21.0. The number of carboxylic acids is 1. The van der Waals surface area contributed by atoms with E-state index in [1.54, 1.807) is 0 Å². The fourth-order valence-corrected chi connectivity index (χ4v) is 1.70. The fourth-order valence-electron chi connectivity index (χ4n) is 1.70. The second-order valence-corrected chi connectivity index (χ2v) is 4.51. The zero-order chi connectivity index (χ0) is 12.5. The molecule has 4 nitrogen and oxygen atoms in total. The Morgan fingerprint density at radius 2 is 2.18 bits per heavy atom. The molecular weight excluding hydrogens is 225 g/mol. The minimum atomic E-state index is -1.17. The molecule has 5 heteroatoms. The summed E-state index contributed by atoms with van der Waals surface area (Å²) in [7, 11) is 0. The van der Waals surface area contributed by atoms with Gasteiger partial charge in [-0.25, -0.2) is 9.18 Å². The van der Waals surface area contributed by atoms with Crippen LogP contribution in [0.5, 0.6) is 0 Å². The highest BCUT2D eigenvalue weighted by atomic mass is 19.1. The molecule has 0 heterocycles. The predicted molar refractivity (Wildman–Crippen MR) is 60.6 cm³/mol. The predicted octanol–water partition coefficient (Wildman–Crippen LogP) is 1.71. The second-order valence-electron chi connectivity index (χ2n) is 4.51. The zero-order valence-electron chi connectivity index (χ0n) is 9.24. The van der Waals surface area contributed by atoms with Gasteiger partial charge in [0.05, 0.1) is 12.2 Å². The molecule has 0 aromatic heterocycles. The quantitative estimate of drug-likeness (QED) is 0.731. The van der Waals surface area contributed by atoms with Crippen LogP contribution >= 0.6 is 0 Å². The molecule has 0 spiro atoms. The molecule has 1 aromatic rings. The number of carboxylic acid groups (broad SMARTS) is 1. The van der Waals surface area contributed by atoms with Crippen LogP contribution in [-0.4, -0.2) is 29.3 Å². The normalized spacial score (nSPS) is 16.6. The maximum atomic E-state index is 12.9. The summed E-state index contributed by atoms with van der Waals surface area (Å²) in [6.07, 6.45) is 1.86. The highest BCUT2D eigenvalue weighted by Crippen LogP contribution is 2.45. The second kappa shape index (κ2) is 4.33. The van der Waals surface area contributed by atoms with Crippen molar-refractivity contribution in [3.05, 3.63) is 29.6 Å². The molecule has 17 heavy (non-hydrogen) atoms. The smallest absolute Gasteiger partial charge is 0.337 e. The van der Waals surface area contributed by atoms with Crippen LogP contribution in [0.2, 0.25) is 0 Å². The van der Waals surface area contributed by atoms with E-state index in [1.807, 2.05) is 0 Å². The monoisotopic (exact) mass is 239 g/mol. The number of anilines is 1. The first-order valence-electron chi connectivity index (χ1n) is 5.44. The lowest BCUT2D eigenvalue weighted by molar-refractivity contribution is 0.0697. The van der Waals surface area contributed by atoms with E-state index in [9.17, 15) is 9.18 Å². The molecule has 0 unspecified atom stereocenters. The van der Waals surface area contributed by atoms with Crippen LogP contribution in [0.4, 0.5) is 10.1 Å². The van der Waals surface area contributed by atoms with Crippen LogP contribution in [0, 0.1) is 11.2 Å². The number of hydrogen-bond acceptors (Lipinski definition) is 3. The maximum absolute atomic E-state index is 12.9. The maximum Gasteiger partial charge on any atom is 0.337 e. The van der Waals surface area contributed by atoms with Crippen molar-refractivity contribution in [2.45, 2.75) is 12.8 Å². The van der Waals surface area contributed by atoms with Gasteiger partial charge in [0.2, 0.25) is 0 Å². The average molecular weight is 239 g/mol. The van der Waals surface area contributed by atoms with Gasteiger partial charge in [-0.1, -0.05) is 0 Å². The largest absolute Gasteiger partial charge is 0.478 e. The molecule has 1 aliphatic carbocycles. The van der Waals surface area contributed by atoms with Crippen LogP contribution in [0.3, 0.4) is 0 Å². The van der Waals surface area contributed by atoms with Crippen molar-refractivity contribution in [2.24, 2.45) is 5.41 Å². The summed E-state index contributed by atoms with van der Waals surface area (Å²) in [6.45, 7) is 0.596. The minimum absolute atomic E-state index is 0.0845. The summed E-state index contributed by atoms with van der Waals surface area (Å²) >= 11 is 0. The number of benzene rings is 1. The topological polar surface area (TPSA) is 69.6 Å². The summed E-state index contributed by atoms with van der Waals surface area (Å²) in [5.74, 6) is -1.74. The molecule has 0 aliphatic heterocycles. The molecule has 3 N–H and O–H groups in total. The van der Waals surface area contributed by atoms with E-state index < -0.39 is 11.8 Å². The lowest BCUT2D eigenvalue weighted by Crippen LogP contribution is -2.20. The van der Waals surface area contributed by atoms with Crippen molar-refractivity contribution in [3.8, 4) is 0 Å². The number of aromatic carboxylic acids is 1. The van der Waals surface area contributed by atoms with Gasteiger partial charge in [-0.3, -0.25) is 0 Å². The van der Waals surface area contributed by atoms with Crippen LogP contribution in [-0.2, 0) is 0 Å². The van der Waals surface area contributed by atoms with Gasteiger partial charge in [0.25, 0.3) is 0 Å². The molecule has 1 saturated carbocycles. The average Bonchev–Trinajstić information content (AvgIpc) is 3.08. The molecule has 0 atom stereocenters. The van der Waals surface area contributed by atoms with E-state index in [0.717, 1.165) is 18.9 Å². The van der Waals surface area contributed by atoms with E-state index in [2.05, 4.69) is 5.32 Å². The van der Waals surface area contributed by atoms with E-state index in [4.69, 9.17) is 10.2 Å². The molecule has 0 radical (unpaired) electrons. The number of carbonyl (C=O) groups is 1. The third kappa shape index (κ3) is 2.55. The Bertz CT molecular complexity index is 443. The number of halogens is 1. The van der Waals surface area contributed by atoms with Crippen molar-refractivity contribution < 1.29 is 19.4 Å². The SMILES string of the molecule is O=C(O)c1cc(F)ccc1NCC1(CO)CC1. The third-order valence-electron chi connectivity index (χ3n) is 3.16. The van der Waals surface area contributed by atoms with Crippen molar-refractivity contribution in [3.63, 3.8) is 0 Å². The minimum Gasteiger partial charge on any atom is -0.478 e. The lowest BCUT2D eigenvalue weighted by atomic mass is 10.1. The number of aliphatic hydroxyl groups excluding tert-OH is 1. The third-order valence-corrected chi connectivity index (χ3v) is 3.16. The van der Waals surface area contributed by atoms with Crippen molar-refractivity contribution in [1.82, 2.24) is 0 Å². The van der Waals surface area contributed by atoms with Crippen LogP contribution in [0.15, 0.2) is 18.2 Å². The van der Waals surface area contributed by atoms with Crippen molar-refractivity contribution >= 4 is 11.7 Å². The first-order valence-corrected chi connectivity index (χ1v) is 5.44. The van der Waals surface area contributed by atoms with Gasteiger partial charge < -0.3 is 15.5 Å². The molecule has 1 aliphatic rings. The Labute approximate surface area is 98.1 Å². The highest BCUT2D eigenvalue weighted by Gasteiger charge is 2.41. The van der Waals surface area contributed by atoms with E-state index in [0.29, 0.717) is 12.2 Å². The molecular formula is C12H14FNO3. The van der Waals surface area contributed by atoms with Gasteiger partial charge in [0.15, 0.2) is 0 Å². The Kier molecular flexibility index (Phi) is 3.02. The van der Waals surface area contributed by atoms with Gasteiger partial charge in [-0.2, -0.15) is 0 Å². The van der Waals surface area contributed by atoms with E-state index in [-0.39, 0.29) is 17.6 Å². The summed E-state index contributed by atoms with van der Waals surface area (Å²) < 4.78 is 12.9. The first kappa shape index (κ1) is 11.9. The Balaban J connectivity index is 2.12. The number of rotatable bonds is 5. The number of aliphatic hydroxyl groups is 1. The van der Waals surface area contributed by atoms with Crippen LogP contribution < -0.4 is 5.32 Å². The van der Waals surface area contributed by atoms with Gasteiger partial charge in [0.1, 0.15) is 5.82 Å². The summed E-state index contributed by atoms with van der Waals surface area (Å²) in [6, 6.07) is 3.61. The van der Waals surface area contributed by atoms with Gasteiger partial charge >= 0.3 is 5.97 Å². The standard InChI is InChI=1S/C12H14FNO3/c13-8-1-2-10(9(5-8)11(16)17)14-6-12(7-15)3-4-12/h1-2,5,14-15H,3-4,6-7H2,(H,16,17). The lowest BCUT2D eigenvalue weighted by Gasteiger charge is -2.15. The van der Waals surface area contributed by atoms with Crippen LogP contribution in [0.1, 0.15) is 23.2 Å². The van der Waals surface area contributed by atoms with Crippen molar-refractivity contribution in [2.75, 3.05) is 18.5 Å². The summed E-state index contributed by atoms with van der Waals surface area (Å²) in [4.78, 5) is 10.9. The van der Waals surface area contributed by atoms with Gasteiger partial charge in [-0.15, -0.1) is 0 Å². The fraction of sp³-hybridized carbons (Fsp3) is 0.417. The molecule has 0 bridgehead atoms. The van der Waals surface area contributed by atoms with Gasteiger partial charge in [-0.05, 0) is 31.0 Å². The molecule has 2 rings (SSSR count). The number of nitrogens with one attached hydrogen (secondary N) is 1. The Morgan fingerprint density at radius 1 is 1.47 bits per heavy atom. The Morgan fingerprint density at radius 3 is 2.71 bits per heavy atom. The molecule has 0 saturated heterocycles. The van der Waals surface area contributed by atoms with Gasteiger partial charge in [0, 0.05) is 17.6 Å². The zero-order valence-corrected chi connectivity index (χ0v) is 9.24. The molecule has 0 amide bonds. The van der Waals surface area contributed by atoms with Crippen LogP contribution in [0.25, 0.3) is 0 Å². The number of hydrogen-bond donors (Lipinski definition) is 3. The Hall–Kier alpha value is -1.62. The summed E-state index contributed by atoms with van der Waals surface area (Å²) in [5.41, 5.74) is 0.182. The molecule has 92 valence electrons.